The molecule has 2 N–H and O–H groups in total. The molecule has 2 heterocycles. The summed E-state index contributed by atoms with van der Waals surface area (Å²) in [5.41, 5.74) is 1.04. The van der Waals surface area contributed by atoms with Gasteiger partial charge in [-0.2, -0.15) is 0 Å². The summed E-state index contributed by atoms with van der Waals surface area (Å²) in [5.74, 6) is -3.77. The molecule has 1 aliphatic rings. The molecule has 1 aliphatic heterocycles. The van der Waals surface area contributed by atoms with Crippen LogP contribution in [0.25, 0.3) is 10.9 Å². The van der Waals surface area contributed by atoms with E-state index in [0.717, 1.165) is 29.7 Å². The van der Waals surface area contributed by atoms with Gasteiger partial charge in [0.15, 0.2) is 6.04 Å². The van der Waals surface area contributed by atoms with Crippen molar-refractivity contribution in [2.45, 2.75) is 129 Å². The minimum atomic E-state index is -1.91. The van der Waals surface area contributed by atoms with Gasteiger partial charge in [0.2, 0.25) is 23.5 Å². The molecular weight excluding hydrogens is 735 g/mol. The maximum Gasteiger partial charge on any atom is 0.255 e. The van der Waals surface area contributed by atoms with Gasteiger partial charge in [0, 0.05) is 23.9 Å². The Morgan fingerprint density at radius 3 is 2.12 bits per heavy atom. The molecule has 0 aliphatic carbocycles. The van der Waals surface area contributed by atoms with Gasteiger partial charge in [-0.25, -0.2) is 0 Å². The van der Waals surface area contributed by atoms with Crippen LogP contribution in [0.15, 0.2) is 72.8 Å². The maximum atomic E-state index is 14.7. The smallest absolute Gasteiger partial charge is 0.255 e. The lowest BCUT2D eigenvalue weighted by Gasteiger charge is -2.25. The zero-order valence-electron chi connectivity index (χ0n) is 34.7. The van der Waals surface area contributed by atoms with Crippen molar-refractivity contribution in [2.75, 3.05) is 17.7 Å². The molecule has 1 aromatic heterocycles. The summed E-state index contributed by atoms with van der Waals surface area (Å²) < 4.78 is 5.54. The number of imide groups is 1. The number of hydrogen-bond acceptors (Lipinski definition) is 8. The van der Waals surface area contributed by atoms with Gasteiger partial charge in [-0.3, -0.25) is 28.9 Å². The van der Waals surface area contributed by atoms with Crippen molar-refractivity contribution in [3.63, 3.8) is 0 Å². The number of rotatable bonds is 22. The van der Waals surface area contributed by atoms with Crippen LogP contribution < -0.4 is 20.2 Å². The van der Waals surface area contributed by atoms with E-state index in [9.17, 15) is 24.0 Å². The first-order chi connectivity index (χ1) is 27.9. The average molecular weight is 794 g/mol. The fourth-order valence-electron chi connectivity index (χ4n) is 7.34. The van der Waals surface area contributed by atoms with Gasteiger partial charge in [-0.05, 0) is 63.4 Å². The molecule has 4 amide bonds. The van der Waals surface area contributed by atoms with Crippen molar-refractivity contribution >= 4 is 51.7 Å². The Hall–Kier alpha value is -5.52. The summed E-state index contributed by atoms with van der Waals surface area (Å²) in [7, 11) is 1.42. The standard InChI is InChI=1S/C46H59N5O7/c1-6-7-8-9-10-11-12-13-14-15-19-26-39(52)47-34-27-28-38(57-5)36(31-34)48-44(55)42(50-40(53)30-33(45(50)56)29-32-22-17-16-18-23-32)43(54)41-35-24-20-21-25-37(35)51(49-41)58-46(2,3)4/h16-18,20-25,27-28,31,33,42H,6-15,19,26,29-30H2,1-5H3,(H,47,52)(H,48,55). The Kier molecular flexibility index (Phi) is 15.6. The zero-order valence-corrected chi connectivity index (χ0v) is 34.7. The quantitative estimate of drug-likeness (QED) is 0.0348. The van der Waals surface area contributed by atoms with Crippen LogP contribution in [0.3, 0.4) is 0 Å². The lowest BCUT2D eigenvalue weighted by Crippen LogP contribution is -2.52. The first kappa shape index (κ1) is 43.6. The van der Waals surface area contributed by atoms with E-state index in [0.29, 0.717) is 23.0 Å². The number of anilines is 2. The number of unbranched alkanes of at least 4 members (excludes halogenated alkanes) is 10. The Bertz CT molecular complexity index is 2040. The summed E-state index contributed by atoms with van der Waals surface area (Å²) in [5, 5.41) is 10.5. The Morgan fingerprint density at radius 1 is 0.828 bits per heavy atom. The van der Waals surface area contributed by atoms with E-state index in [1.54, 1.807) is 36.4 Å². The minimum Gasteiger partial charge on any atom is -0.495 e. The van der Waals surface area contributed by atoms with Crippen molar-refractivity contribution in [3.05, 3.63) is 84.1 Å². The number of nitrogens with one attached hydrogen (secondary N) is 2. The normalized spacial score (nSPS) is 14.8. The van der Waals surface area contributed by atoms with E-state index >= 15 is 0 Å². The summed E-state index contributed by atoms with van der Waals surface area (Å²) in [6.45, 7) is 7.72. The maximum absolute atomic E-state index is 14.7. The monoisotopic (exact) mass is 793 g/mol. The van der Waals surface area contributed by atoms with Crippen LogP contribution >= 0.6 is 0 Å². The number of ketones is 1. The number of benzene rings is 3. The highest BCUT2D eigenvalue weighted by molar-refractivity contribution is 6.24. The number of carbonyl (C=O) groups excluding carboxylic acids is 5. The average Bonchev–Trinajstić information content (AvgIpc) is 3.68. The number of carbonyl (C=O) groups is 5. The number of para-hydroxylation sites is 1. The third-order valence-electron chi connectivity index (χ3n) is 10.3. The molecule has 2 atom stereocenters. The minimum absolute atomic E-state index is 0.137. The molecule has 58 heavy (non-hydrogen) atoms. The number of hydrogen-bond donors (Lipinski definition) is 2. The lowest BCUT2D eigenvalue weighted by atomic mass is 9.98. The molecule has 0 bridgehead atoms. The molecule has 3 aromatic carbocycles. The van der Waals surface area contributed by atoms with Gasteiger partial charge in [0.1, 0.15) is 22.6 Å². The SMILES string of the molecule is CCCCCCCCCCCCCC(=O)Nc1ccc(OC)c(NC(=O)C(C(=O)c2nn(OC(C)(C)C)c3ccccc23)N2C(=O)CC(Cc3ccccc3)C2=O)c1. The highest BCUT2D eigenvalue weighted by atomic mass is 16.7. The number of amides is 4. The lowest BCUT2D eigenvalue weighted by molar-refractivity contribution is -0.144. The van der Waals surface area contributed by atoms with Gasteiger partial charge in [0.05, 0.1) is 18.7 Å². The largest absolute Gasteiger partial charge is 0.495 e. The van der Waals surface area contributed by atoms with Crippen LogP contribution in [-0.4, -0.2) is 63.0 Å². The fourth-order valence-corrected chi connectivity index (χ4v) is 7.34. The molecule has 1 saturated heterocycles. The van der Waals surface area contributed by atoms with Crippen LogP contribution in [0.1, 0.15) is 127 Å². The molecule has 5 rings (SSSR count). The second-order valence-corrected chi connectivity index (χ2v) is 16.1. The second kappa shape index (κ2) is 20.8. The summed E-state index contributed by atoms with van der Waals surface area (Å²) in [6, 6.07) is 19.0. The predicted molar refractivity (Wildman–Crippen MR) is 226 cm³/mol. The molecule has 310 valence electrons. The van der Waals surface area contributed by atoms with Crippen molar-refractivity contribution in [1.82, 2.24) is 14.8 Å². The molecule has 1 fully saturated rings. The molecule has 4 aromatic rings. The van der Waals surface area contributed by atoms with Crippen LogP contribution in [-0.2, 0) is 25.6 Å². The Labute approximate surface area is 342 Å². The van der Waals surface area contributed by atoms with E-state index in [1.807, 2.05) is 51.1 Å². The molecular formula is C46H59N5O7. The first-order valence-corrected chi connectivity index (χ1v) is 20.8. The van der Waals surface area contributed by atoms with Crippen LogP contribution in [0, 0.1) is 5.92 Å². The topological polar surface area (TPSA) is 149 Å². The summed E-state index contributed by atoms with van der Waals surface area (Å²) in [6.07, 6.45) is 13.4. The highest BCUT2D eigenvalue weighted by Crippen LogP contribution is 2.32. The fraction of sp³-hybridized carbons (Fsp3) is 0.478. The van der Waals surface area contributed by atoms with E-state index < -0.39 is 41.1 Å². The van der Waals surface area contributed by atoms with Gasteiger partial charge in [-0.1, -0.05) is 125 Å². The number of fused-ring (bicyclic) bond motifs is 1. The number of ether oxygens (including phenoxy) is 1. The molecule has 0 radical (unpaired) electrons. The van der Waals surface area contributed by atoms with Crippen molar-refractivity contribution < 1.29 is 33.5 Å². The van der Waals surface area contributed by atoms with Gasteiger partial charge >= 0.3 is 0 Å². The number of likely N-dealkylation sites (tertiary alicyclic amines) is 1. The second-order valence-electron chi connectivity index (χ2n) is 16.1. The molecule has 0 spiro atoms. The van der Waals surface area contributed by atoms with E-state index in [-0.39, 0.29) is 35.9 Å². The third kappa shape index (κ3) is 11.8. The Morgan fingerprint density at radius 2 is 1.47 bits per heavy atom. The highest BCUT2D eigenvalue weighted by Gasteiger charge is 2.49. The third-order valence-corrected chi connectivity index (χ3v) is 10.3. The van der Waals surface area contributed by atoms with E-state index in [2.05, 4.69) is 22.7 Å². The number of methoxy groups -OCH3 is 1. The van der Waals surface area contributed by atoms with Crippen molar-refractivity contribution in [3.8, 4) is 5.75 Å². The van der Waals surface area contributed by atoms with Crippen LogP contribution in [0.4, 0.5) is 11.4 Å². The van der Waals surface area contributed by atoms with Gasteiger partial charge in [0.25, 0.3) is 5.91 Å². The van der Waals surface area contributed by atoms with Crippen LogP contribution in [0.2, 0.25) is 0 Å². The zero-order chi connectivity index (χ0) is 41.7. The first-order valence-electron chi connectivity index (χ1n) is 20.8. The molecule has 0 saturated carbocycles. The van der Waals surface area contributed by atoms with E-state index in [4.69, 9.17) is 9.57 Å². The van der Waals surface area contributed by atoms with E-state index in [1.165, 1.54) is 69.4 Å². The molecule has 12 nitrogen and oxygen atoms in total. The van der Waals surface area contributed by atoms with Crippen molar-refractivity contribution in [2.24, 2.45) is 5.92 Å². The van der Waals surface area contributed by atoms with Gasteiger partial charge in [-0.15, -0.1) is 5.10 Å². The number of nitrogens with zero attached hydrogens (tertiary/aromatic N) is 3. The number of aromatic nitrogens is 2. The van der Waals surface area contributed by atoms with Crippen molar-refractivity contribution in [1.29, 1.82) is 0 Å². The Balaban J connectivity index is 1.33. The predicted octanol–water partition coefficient (Wildman–Crippen LogP) is 8.72. The molecule has 12 heteroatoms. The van der Waals surface area contributed by atoms with Gasteiger partial charge < -0.3 is 20.2 Å². The molecule has 2 unspecified atom stereocenters. The number of Topliss-reactive ketones (excluding diaryl/α,β-unsaturated/α-hetero) is 1. The summed E-state index contributed by atoms with van der Waals surface area (Å²) in [4.78, 5) is 78.0. The van der Waals surface area contributed by atoms with Crippen LogP contribution in [0.5, 0.6) is 5.75 Å². The summed E-state index contributed by atoms with van der Waals surface area (Å²) >= 11 is 0.